The molecule has 9 aromatic rings. The molecule has 0 aliphatic rings. The molecule has 0 unspecified atom stereocenters. The highest BCUT2D eigenvalue weighted by atomic mass is 14.2. The van der Waals surface area contributed by atoms with E-state index in [9.17, 15) is 5.26 Å². The van der Waals surface area contributed by atoms with E-state index < -0.39 is 0 Å². The van der Waals surface area contributed by atoms with E-state index in [1.54, 1.807) is 0 Å². The lowest BCUT2D eigenvalue weighted by Gasteiger charge is -2.17. The van der Waals surface area contributed by atoms with Crippen LogP contribution in [-0.2, 0) is 0 Å². The SMILES string of the molecule is N#Cc1ccc2cc(-c3cc(-c4cc5ccccc5c5ccccc45)cc(-c4cc5ccccc5c5ccccc45)c3)ccc2c1. The molecule has 0 aromatic heterocycles. The second-order valence-electron chi connectivity index (χ2n) is 12.1. The average Bonchev–Trinajstić information content (AvgIpc) is 3.13. The fourth-order valence-corrected chi connectivity index (χ4v) is 7.19. The third kappa shape index (κ3) is 4.24. The molecule has 0 aliphatic carbocycles. The van der Waals surface area contributed by atoms with E-state index in [-0.39, 0.29) is 0 Å². The number of benzene rings is 9. The molecule has 0 amide bonds. The monoisotopic (exact) mass is 581 g/mol. The van der Waals surface area contributed by atoms with Crippen LogP contribution in [0.4, 0.5) is 0 Å². The van der Waals surface area contributed by atoms with Gasteiger partial charge in [-0.25, -0.2) is 0 Å². The lowest BCUT2D eigenvalue weighted by atomic mass is 9.87. The maximum atomic E-state index is 9.44. The van der Waals surface area contributed by atoms with Gasteiger partial charge in [-0.15, -0.1) is 0 Å². The molecule has 0 saturated carbocycles. The van der Waals surface area contributed by atoms with Gasteiger partial charge in [-0.05, 0) is 136 Å². The number of hydrogen-bond donors (Lipinski definition) is 0. The van der Waals surface area contributed by atoms with Crippen LogP contribution in [0.5, 0.6) is 0 Å². The van der Waals surface area contributed by atoms with Gasteiger partial charge in [-0.2, -0.15) is 5.26 Å². The third-order valence-electron chi connectivity index (χ3n) is 9.39. The molecule has 9 aromatic carbocycles. The first-order chi connectivity index (χ1) is 22.7. The van der Waals surface area contributed by atoms with E-state index >= 15 is 0 Å². The van der Waals surface area contributed by atoms with Gasteiger partial charge in [0.2, 0.25) is 0 Å². The van der Waals surface area contributed by atoms with Crippen LogP contribution in [0.3, 0.4) is 0 Å². The number of nitrogens with zero attached hydrogens (tertiary/aromatic N) is 1. The van der Waals surface area contributed by atoms with Crippen molar-refractivity contribution >= 4 is 53.9 Å². The van der Waals surface area contributed by atoms with E-state index in [1.165, 1.54) is 65.3 Å². The van der Waals surface area contributed by atoms with E-state index in [1.807, 2.05) is 12.1 Å². The molecule has 9 rings (SSSR count). The van der Waals surface area contributed by atoms with Gasteiger partial charge in [0.25, 0.3) is 0 Å². The van der Waals surface area contributed by atoms with E-state index in [0.29, 0.717) is 5.56 Å². The highest BCUT2D eigenvalue weighted by Crippen LogP contribution is 2.42. The summed E-state index contributed by atoms with van der Waals surface area (Å²) in [6, 6.07) is 61.4. The van der Waals surface area contributed by atoms with Gasteiger partial charge in [0, 0.05) is 0 Å². The van der Waals surface area contributed by atoms with Crippen LogP contribution in [-0.4, -0.2) is 0 Å². The Morgan fingerprint density at radius 1 is 0.304 bits per heavy atom. The van der Waals surface area contributed by atoms with Crippen molar-refractivity contribution < 1.29 is 0 Å². The van der Waals surface area contributed by atoms with Gasteiger partial charge < -0.3 is 0 Å². The summed E-state index contributed by atoms with van der Waals surface area (Å²) in [5.74, 6) is 0. The Balaban J connectivity index is 1.36. The van der Waals surface area contributed by atoms with Gasteiger partial charge in [0.05, 0.1) is 11.6 Å². The molecular formula is C45H27N. The maximum absolute atomic E-state index is 9.44. The van der Waals surface area contributed by atoms with Crippen molar-refractivity contribution in [3.05, 3.63) is 169 Å². The fraction of sp³-hybridized carbons (Fsp3) is 0. The molecular weight excluding hydrogens is 555 g/mol. The Labute approximate surface area is 267 Å². The predicted molar refractivity (Wildman–Crippen MR) is 195 cm³/mol. The Hall–Kier alpha value is -6.23. The second-order valence-corrected chi connectivity index (χ2v) is 12.1. The smallest absolute Gasteiger partial charge is 0.0991 e. The van der Waals surface area contributed by atoms with Crippen molar-refractivity contribution in [3.8, 4) is 39.4 Å². The summed E-state index contributed by atoms with van der Waals surface area (Å²) in [4.78, 5) is 0. The first kappa shape index (κ1) is 26.2. The summed E-state index contributed by atoms with van der Waals surface area (Å²) in [7, 11) is 0. The van der Waals surface area contributed by atoms with Crippen molar-refractivity contribution in [2.24, 2.45) is 0 Å². The first-order valence-electron chi connectivity index (χ1n) is 15.6. The van der Waals surface area contributed by atoms with Crippen LogP contribution in [0.2, 0.25) is 0 Å². The Morgan fingerprint density at radius 2 is 0.761 bits per heavy atom. The highest BCUT2D eigenvalue weighted by Gasteiger charge is 2.15. The van der Waals surface area contributed by atoms with Crippen LogP contribution in [0.25, 0.3) is 87.2 Å². The number of hydrogen-bond acceptors (Lipinski definition) is 1. The molecule has 0 N–H and O–H groups in total. The second kappa shape index (κ2) is 10.4. The lowest BCUT2D eigenvalue weighted by molar-refractivity contribution is 1.50. The standard InChI is InChI=1S/C45H27N/c46-28-29-17-18-31-22-32(20-19-30(31)21-29)35-23-36(44-26-33-9-1-3-11-38(33)40-13-5-7-15-42(40)44)25-37(24-35)45-27-34-10-2-4-12-39(34)41-14-6-8-16-43(41)45/h1-27H. The molecule has 1 nitrogen and oxygen atoms in total. The normalized spacial score (nSPS) is 11.5. The lowest BCUT2D eigenvalue weighted by Crippen LogP contribution is -1.90. The zero-order valence-corrected chi connectivity index (χ0v) is 25.0. The minimum atomic E-state index is 0.677. The summed E-state index contributed by atoms with van der Waals surface area (Å²) in [5.41, 5.74) is 7.81. The van der Waals surface area contributed by atoms with Crippen molar-refractivity contribution in [3.63, 3.8) is 0 Å². The van der Waals surface area contributed by atoms with Crippen molar-refractivity contribution in [2.75, 3.05) is 0 Å². The number of rotatable bonds is 3. The van der Waals surface area contributed by atoms with Crippen LogP contribution >= 0.6 is 0 Å². The summed E-state index contributed by atoms with van der Waals surface area (Å²) in [6.07, 6.45) is 0. The molecule has 1 heteroatoms. The first-order valence-corrected chi connectivity index (χ1v) is 15.6. The topological polar surface area (TPSA) is 23.8 Å². The molecule has 0 aliphatic heterocycles. The fourth-order valence-electron chi connectivity index (χ4n) is 7.19. The van der Waals surface area contributed by atoms with Gasteiger partial charge in [-0.3, -0.25) is 0 Å². The summed E-state index contributed by atoms with van der Waals surface area (Å²) in [6.45, 7) is 0. The van der Waals surface area contributed by atoms with Gasteiger partial charge in [-0.1, -0.05) is 115 Å². The summed E-state index contributed by atoms with van der Waals surface area (Å²) < 4.78 is 0. The van der Waals surface area contributed by atoms with Gasteiger partial charge in [0.15, 0.2) is 0 Å². The third-order valence-corrected chi connectivity index (χ3v) is 9.39. The maximum Gasteiger partial charge on any atom is 0.0991 e. The van der Waals surface area contributed by atoms with Crippen LogP contribution in [0.1, 0.15) is 5.56 Å². The van der Waals surface area contributed by atoms with Crippen LogP contribution < -0.4 is 0 Å². The van der Waals surface area contributed by atoms with Gasteiger partial charge >= 0.3 is 0 Å². The van der Waals surface area contributed by atoms with E-state index in [0.717, 1.165) is 21.9 Å². The van der Waals surface area contributed by atoms with Gasteiger partial charge in [0.1, 0.15) is 0 Å². The van der Waals surface area contributed by atoms with E-state index in [4.69, 9.17) is 0 Å². The van der Waals surface area contributed by atoms with E-state index in [2.05, 4.69) is 158 Å². The largest absolute Gasteiger partial charge is 0.192 e. The number of fused-ring (bicyclic) bond motifs is 7. The summed E-state index contributed by atoms with van der Waals surface area (Å²) in [5, 5.41) is 21.7. The molecule has 0 atom stereocenters. The van der Waals surface area contributed by atoms with Crippen molar-refractivity contribution in [1.29, 1.82) is 5.26 Å². The highest BCUT2D eigenvalue weighted by molar-refractivity contribution is 6.16. The molecule has 212 valence electrons. The molecule has 0 fully saturated rings. The Bertz CT molecular complexity index is 2570. The molecule has 0 radical (unpaired) electrons. The number of nitriles is 1. The van der Waals surface area contributed by atoms with Crippen molar-refractivity contribution in [2.45, 2.75) is 0 Å². The zero-order chi connectivity index (χ0) is 30.6. The van der Waals surface area contributed by atoms with Crippen molar-refractivity contribution in [1.82, 2.24) is 0 Å². The molecule has 0 saturated heterocycles. The Morgan fingerprint density at radius 3 is 1.33 bits per heavy atom. The Kier molecular flexibility index (Phi) is 5.95. The molecule has 0 heterocycles. The minimum Gasteiger partial charge on any atom is -0.192 e. The quantitative estimate of drug-likeness (QED) is 0.190. The van der Waals surface area contributed by atoms with Crippen LogP contribution in [0.15, 0.2) is 164 Å². The minimum absolute atomic E-state index is 0.677. The van der Waals surface area contributed by atoms with Crippen LogP contribution in [0, 0.1) is 11.3 Å². The zero-order valence-electron chi connectivity index (χ0n) is 25.0. The molecule has 0 spiro atoms. The molecule has 46 heavy (non-hydrogen) atoms. The molecule has 0 bridgehead atoms. The summed E-state index contributed by atoms with van der Waals surface area (Å²) >= 11 is 0. The average molecular weight is 582 g/mol. The predicted octanol–water partition coefficient (Wildman–Crippen LogP) is 12.3.